The summed E-state index contributed by atoms with van der Waals surface area (Å²) in [5.74, 6) is 1.29. The van der Waals surface area contributed by atoms with E-state index in [1.165, 1.54) is 14.0 Å². The zero-order valence-corrected chi connectivity index (χ0v) is 14.7. The number of methoxy groups -OCH3 is 2. The SMILES string of the molecule is COc1ccc(NC(=O)C(C)Oc2ccc(C(C)=O)cc2)cc1OC. The molecule has 0 spiro atoms. The second-order valence-corrected chi connectivity index (χ2v) is 5.40. The van der Waals surface area contributed by atoms with E-state index in [9.17, 15) is 9.59 Å². The number of carbonyl (C=O) groups excluding carboxylic acids is 2. The van der Waals surface area contributed by atoms with Crippen LogP contribution in [0.1, 0.15) is 24.2 Å². The van der Waals surface area contributed by atoms with Crippen molar-refractivity contribution in [3.05, 3.63) is 48.0 Å². The second kappa shape index (κ2) is 8.19. The molecule has 0 radical (unpaired) electrons. The number of rotatable bonds is 7. The Morgan fingerprint density at radius 1 is 0.960 bits per heavy atom. The minimum absolute atomic E-state index is 0.0224. The van der Waals surface area contributed by atoms with E-state index in [4.69, 9.17) is 14.2 Å². The van der Waals surface area contributed by atoms with E-state index in [1.807, 2.05) is 0 Å². The summed E-state index contributed by atoms with van der Waals surface area (Å²) in [5, 5.41) is 2.76. The van der Waals surface area contributed by atoms with Crippen molar-refractivity contribution >= 4 is 17.4 Å². The number of hydrogen-bond acceptors (Lipinski definition) is 5. The molecule has 1 N–H and O–H groups in total. The first kappa shape index (κ1) is 18.3. The molecule has 0 heterocycles. The number of ketones is 1. The average Bonchev–Trinajstić information content (AvgIpc) is 2.61. The molecule has 2 rings (SSSR count). The number of hydrogen-bond donors (Lipinski definition) is 1. The summed E-state index contributed by atoms with van der Waals surface area (Å²) in [5.41, 5.74) is 1.17. The predicted octanol–water partition coefficient (Wildman–Crippen LogP) is 3.31. The molecule has 1 unspecified atom stereocenters. The van der Waals surface area contributed by atoms with E-state index in [0.717, 1.165) is 0 Å². The zero-order chi connectivity index (χ0) is 18.4. The lowest BCUT2D eigenvalue weighted by Gasteiger charge is -2.16. The molecule has 0 aliphatic heterocycles. The molecule has 6 heteroatoms. The molecule has 132 valence electrons. The third-order valence-electron chi connectivity index (χ3n) is 3.59. The van der Waals surface area contributed by atoms with Gasteiger partial charge in [0.25, 0.3) is 5.91 Å². The van der Waals surface area contributed by atoms with Gasteiger partial charge in [-0.3, -0.25) is 9.59 Å². The van der Waals surface area contributed by atoms with Crippen LogP contribution in [0.4, 0.5) is 5.69 Å². The number of Topliss-reactive ketones (excluding diaryl/α,β-unsaturated/α-hetero) is 1. The summed E-state index contributed by atoms with van der Waals surface area (Å²) >= 11 is 0. The first-order chi connectivity index (χ1) is 11.9. The van der Waals surface area contributed by atoms with Gasteiger partial charge in [0.05, 0.1) is 14.2 Å². The van der Waals surface area contributed by atoms with Crippen LogP contribution in [0.5, 0.6) is 17.2 Å². The van der Waals surface area contributed by atoms with Crippen molar-refractivity contribution in [2.24, 2.45) is 0 Å². The van der Waals surface area contributed by atoms with E-state index >= 15 is 0 Å². The first-order valence-electron chi connectivity index (χ1n) is 7.75. The normalized spacial score (nSPS) is 11.4. The molecular formula is C19H21NO5. The Balaban J connectivity index is 2.01. The average molecular weight is 343 g/mol. The van der Waals surface area contributed by atoms with Gasteiger partial charge < -0.3 is 19.5 Å². The molecule has 0 aromatic heterocycles. The van der Waals surface area contributed by atoms with Crippen molar-refractivity contribution in [1.29, 1.82) is 0 Å². The molecule has 0 aliphatic carbocycles. The minimum Gasteiger partial charge on any atom is -0.493 e. The van der Waals surface area contributed by atoms with Crippen molar-refractivity contribution in [2.75, 3.05) is 19.5 Å². The molecule has 0 saturated carbocycles. The van der Waals surface area contributed by atoms with Crippen LogP contribution in [-0.4, -0.2) is 32.0 Å². The Morgan fingerprint density at radius 2 is 1.60 bits per heavy atom. The Hall–Kier alpha value is -3.02. The van der Waals surface area contributed by atoms with Crippen molar-refractivity contribution in [3.8, 4) is 17.2 Å². The molecule has 1 amide bonds. The number of anilines is 1. The predicted molar refractivity (Wildman–Crippen MR) is 94.7 cm³/mol. The monoisotopic (exact) mass is 343 g/mol. The van der Waals surface area contributed by atoms with Gasteiger partial charge in [-0.05, 0) is 50.2 Å². The van der Waals surface area contributed by atoms with Crippen molar-refractivity contribution in [1.82, 2.24) is 0 Å². The highest BCUT2D eigenvalue weighted by Gasteiger charge is 2.16. The summed E-state index contributed by atoms with van der Waals surface area (Å²) in [6.45, 7) is 3.14. The lowest BCUT2D eigenvalue weighted by molar-refractivity contribution is -0.122. The number of benzene rings is 2. The van der Waals surface area contributed by atoms with E-state index in [-0.39, 0.29) is 11.7 Å². The molecule has 0 saturated heterocycles. The van der Waals surface area contributed by atoms with Crippen molar-refractivity contribution < 1.29 is 23.8 Å². The van der Waals surface area contributed by atoms with Crippen LogP contribution in [0, 0.1) is 0 Å². The van der Waals surface area contributed by atoms with Crippen LogP contribution in [0.2, 0.25) is 0 Å². The molecule has 0 fully saturated rings. The largest absolute Gasteiger partial charge is 0.493 e. The quantitative estimate of drug-likeness (QED) is 0.781. The number of ether oxygens (including phenoxy) is 3. The number of carbonyl (C=O) groups is 2. The molecule has 25 heavy (non-hydrogen) atoms. The number of amides is 1. The molecule has 2 aromatic rings. The maximum atomic E-state index is 12.3. The van der Waals surface area contributed by atoms with Crippen LogP contribution in [0.15, 0.2) is 42.5 Å². The summed E-state index contributed by atoms with van der Waals surface area (Å²) in [6, 6.07) is 11.8. The topological polar surface area (TPSA) is 73.9 Å². The van der Waals surface area contributed by atoms with E-state index in [0.29, 0.717) is 28.5 Å². The van der Waals surface area contributed by atoms with Gasteiger partial charge >= 0.3 is 0 Å². The fraction of sp³-hybridized carbons (Fsp3) is 0.263. The van der Waals surface area contributed by atoms with Gasteiger partial charge in [-0.1, -0.05) is 0 Å². The third-order valence-corrected chi connectivity index (χ3v) is 3.59. The molecule has 1 atom stereocenters. The van der Waals surface area contributed by atoms with Crippen LogP contribution < -0.4 is 19.5 Å². The Morgan fingerprint density at radius 3 is 2.16 bits per heavy atom. The van der Waals surface area contributed by atoms with Crippen LogP contribution in [-0.2, 0) is 4.79 Å². The third kappa shape index (κ3) is 4.73. The van der Waals surface area contributed by atoms with E-state index in [1.54, 1.807) is 56.5 Å². The summed E-state index contributed by atoms with van der Waals surface area (Å²) < 4.78 is 16.0. The fourth-order valence-corrected chi connectivity index (χ4v) is 2.18. The second-order valence-electron chi connectivity index (χ2n) is 5.40. The smallest absolute Gasteiger partial charge is 0.265 e. The Labute approximate surface area is 146 Å². The van der Waals surface area contributed by atoms with Gasteiger partial charge in [-0.15, -0.1) is 0 Å². The summed E-state index contributed by atoms with van der Waals surface area (Å²) in [4.78, 5) is 23.5. The molecular weight excluding hydrogens is 322 g/mol. The van der Waals surface area contributed by atoms with Gasteiger partial charge in [0.15, 0.2) is 23.4 Å². The van der Waals surface area contributed by atoms with Gasteiger partial charge in [0, 0.05) is 17.3 Å². The highest BCUT2D eigenvalue weighted by Crippen LogP contribution is 2.29. The van der Waals surface area contributed by atoms with Gasteiger partial charge in [-0.25, -0.2) is 0 Å². The lowest BCUT2D eigenvalue weighted by Crippen LogP contribution is -2.30. The maximum absolute atomic E-state index is 12.3. The standard InChI is InChI=1S/C19H21NO5/c1-12(21)14-5-8-16(9-6-14)25-13(2)19(22)20-15-7-10-17(23-3)18(11-15)24-4/h5-11,13H,1-4H3,(H,20,22). The van der Waals surface area contributed by atoms with Crippen LogP contribution in [0.25, 0.3) is 0 Å². The maximum Gasteiger partial charge on any atom is 0.265 e. The molecule has 2 aromatic carbocycles. The Bertz CT molecular complexity index is 755. The van der Waals surface area contributed by atoms with Crippen LogP contribution in [0.3, 0.4) is 0 Å². The van der Waals surface area contributed by atoms with E-state index in [2.05, 4.69) is 5.32 Å². The minimum atomic E-state index is -0.712. The van der Waals surface area contributed by atoms with Gasteiger partial charge in [-0.2, -0.15) is 0 Å². The summed E-state index contributed by atoms with van der Waals surface area (Å²) in [6.07, 6.45) is -0.712. The molecule has 0 aliphatic rings. The highest BCUT2D eigenvalue weighted by atomic mass is 16.5. The van der Waals surface area contributed by atoms with Gasteiger partial charge in [0.2, 0.25) is 0 Å². The van der Waals surface area contributed by atoms with Crippen LogP contribution >= 0.6 is 0 Å². The van der Waals surface area contributed by atoms with Crippen molar-refractivity contribution in [3.63, 3.8) is 0 Å². The highest BCUT2D eigenvalue weighted by molar-refractivity contribution is 5.95. The molecule has 6 nitrogen and oxygen atoms in total. The zero-order valence-electron chi connectivity index (χ0n) is 14.7. The van der Waals surface area contributed by atoms with Gasteiger partial charge in [0.1, 0.15) is 5.75 Å². The van der Waals surface area contributed by atoms with Crippen molar-refractivity contribution in [2.45, 2.75) is 20.0 Å². The van der Waals surface area contributed by atoms with E-state index < -0.39 is 6.10 Å². The Kier molecular flexibility index (Phi) is 6.00. The fourth-order valence-electron chi connectivity index (χ4n) is 2.18. The summed E-state index contributed by atoms with van der Waals surface area (Å²) in [7, 11) is 3.07. The lowest BCUT2D eigenvalue weighted by atomic mass is 10.1. The first-order valence-corrected chi connectivity index (χ1v) is 7.75. The molecule has 0 bridgehead atoms. The number of nitrogens with one attached hydrogen (secondary N) is 1.